The molecule has 2 nitrogen and oxygen atoms in total. The molecule has 0 spiro atoms. The maximum Gasteiger partial charge on any atom is 0.191 e. The Morgan fingerprint density at radius 2 is 1.92 bits per heavy atom. The molecule has 0 aromatic heterocycles. The first-order valence-corrected chi connectivity index (χ1v) is 6.46. The smallest absolute Gasteiger partial charge is 0.191 e. The molecule has 0 heterocycles. The van der Waals surface area contributed by atoms with Gasteiger partial charge in [0.25, 0.3) is 0 Å². The minimum absolute atomic E-state index is 0.00788. The van der Waals surface area contributed by atoms with E-state index in [0.717, 1.165) is 19.3 Å². The van der Waals surface area contributed by atoms with Crippen molar-refractivity contribution in [3.05, 3.63) is 0 Å². The van der Waals surface area contributed by atoms with Gasteiger partial charge in [0.15, 0.2) is 8.03 Å². The van der Waals surface area contributed by atoms with Crippen molar-refractivity contribution < 1.29 is 9.09 Å². The van der Waals surface area contributed by atoms with Crippen LogP contribution in [-0.4, -0.2) is 11.8 Å². The summed E-state index contributed by atoms with van der Waals surface area (Å²) in [6.07, 6.45) is 6.41. The van der Waals surface area contributed by atoms with E-state index in [4.69, 9.17) is 4.52 Å². The van der Waals surface area contributed by atoms with E-state index in [1.807, 2.05) is 6.92 Å². The molecule has 0 aromatic carbocycles. The van der Waals surface area contributed by atoms with Crippen molar-refractivity contribution in [2.45, 2.75) is 51.6 Å². The van der Waals surface area contributed by atoms with Crippen LogP contribution < -0.4 is 0 Å². The third-order valence-corrected chi connectivity index (χ3v) is 4.02. The van der Waals surface area contributed by atoms with Crippen molar-refractivity contribution in [2.75, 3.05) is 6.16 Å². The highest BCUT2D eigenvalue weighted by atomic mass is 31.1. The predicted molar refractivity (Wildman–Crippen MR) is 52.1 cm³/mol. The first-order chi connectivity index (χ1) is 5.72. The van der Waals surface area contributed by atoms with Crippen molar-refractivity contribution in [1.82, 2.24) is 0 Å². The second-order valence-electron chi connectivity index (χ2n) is 3.57. The van der Waals surface area contributed by atoms with Gasteiger partial charge in [-0.25, -0.2) is 0 Å². The molecule has 72 valence electrons. The van der Waals surface area contributed by atoms with E-state index in [9.17, 15) is 4.57 Å². The Bertz CT molecular complexity index is 162. The van der Waals surface area contributed by atoms with Gasteiger partial charge >= 0.3 is 0 Å². The van der Waals surface area contributed by atoms with Gasteiger partial charge < -0.3 is 4.52 Å². The highest BCUT2D eigenvalue weighted by Crippen LogP contribution is 2.42. The van der Waals surface area contributed by atoms with Crippen molar-refractivity contribution in [3.63, 3.8) is 0 Å². The molecular formula is C9H19O2P. The monoisotopic (exact) mass is 190 g/mol. The first kappa shape index (κ1) is 10.3. The van der Waals surface area contributed by atoms with E-state index in [1.54, 1.807) is 0 Å². The summed E-state index contributed by atoms with van der Waals surface area (Å²) in [5, 5.41) is 0. The summed E-state index contributed by atoms with van der Waals surface area (Å²) in [4.78, 5) is 0. The number of hydrogen-bond donors (Lipinski definition) is 0. The molecule has 3 heteroatoms. The molecule has 1 aliphatic rings. The summed E-state index contributed by atoms with van der Waals surface area (Å²) in [5.74, 6) is 0. The lowest BCUT2D eigenvalue weighted by molar-refractivity contribution is 0.0825. The van der Waals surface area contributed by atoms with E-state index in [1.165, 1.54) is 12.8 Å². The Labute approximate surface area is 75.6 Å². The minimum Gasteiger partial charge on any atom is -0.324 e. The summed E-state index contributed by atoms with van der Waals surface area (Å²) in [6.45, 7) is 4.07. The van der Waals surface area contributed by atoms with Crippen LogP contribution >= 0.6 is 8.03 Å². The summed E-state index contributed by atoms with van der Waals surface area (Å²) in [6, 6.07) is 0. The molecule has 1 unspecified atom stereocenters. The third-order valence-electron chi connectivity index (χ3n) is 2.78. The van der Waals surface area contributed by atoms with Crippen LogP contribution in [0.15, 0.2) is 0 Å². The number of rotatable bonds is 4. The number of hydrogen-bond acceptors (Lipinski definition) is 2. The molecule has 1 aliphatic carbocycles. The van der Waals surface area contributed by atoms with E-state index in [-0.39, 0.29) is 5.60 Å². The van der Waals surface area contributed by atoms with Gasteiger partial charge in [0, 0.05) is 6.16 Å². The topological polar surface area (TPSA) is 26.3 Å². The first-order valence-electron chi connectivity index (χ1n) is 4.94. The van der Waals surface area contributed by atoms with Gasteiger partial charge in [-0.15, -0.1) is 0 Å². The van der Waals surface area contributed by atoms with E-state index in [0.29, 0.717) is 6.16 Å². The van der Waals surface area contributed by atoms with Gasteiger partial charge in [0.2, 0.25) is 0 Å². The van der Waals surface area contributed by atoms with Crippen LogP contribution in [-0.2, 0) is 9.09 Å². The molecule has 1 rings (SSSR count). The average molecular weight is 190 g/mol. The van der Waals surface area contributed by atoms with E-state index in [2.05, 4.69) is 6.92 Å². The lowest BCUT2D eigenvalue weighted by atomic mass is 10.00. The highest BCUT2D eigenvalue weighted by molar-refractivity contribution is 7.39. The second-order valence-corrected chi connectivity index (χ2v) is 5.23. The maximum atomic E-state index is 11.3. The summed E-state index contributed by atoms with van der Waals surface area (Å²) < 4.78 is 16.9. The molecule has 0 radical (unpaired) electrons. The molecule has 1 fully saturated rings. The Hall–Kier alpha value is 0.190. The van der Waals surface area contributed by atoms with Gasteiger partial charge in [-0.2, -0.15) is 0 Å². The fourth-order valence-corrected chi connectivity index (χ4v) is 2.84. The Kier molecular flexibility index (Phi) is 3.79. The predicted octanol–water partition coefficient (Wildman–Crippen LogP) is 3.22. The molecule has 0 N–H and O–H groups in total. The van der Waals surface area contributed by atoms with Gasteiger partial charge in [-0.3, -0.25) is 4.57 Å². The van der Waals surface area contributed by atoms with Gasteiger partial charge in [0.1, 0.15) is 0 Å². The third kappa shape index (κ3) is 2.34. The Morgan fingerprint density at radius 3 is 2.33 bits per heavy atom. The molecule has 0 saturated heterocycles. The fraction of sp³-hybridized carbons (Fsp3) is 1.00. The van der Waals surface area contributed by atoms with Crippen molar-refractivity contribution in [2.24, 2.45) is 0 Å². The summed E-state index contributed by atoms with van der Waals surface area (Å²) in [5.41, 5.74) is -0.00788. The van der Waals surface area contributed by atoms with Crippen LogP contribution in [0.2, 0.25) is 0 Å². The van der Waals surface area contributed by atoms with Crippen LogP contribution in [0.1, 0.15) is 46.0 Å². The van der Waals surface area contributed by atoms with Crippen molar-refractivity contribution >= 4 is 8.03 Å². The van der Waals surface area contributed by atoms with Gasteiger partial charge in [-0.05, 0) is 19.3 Å². The van der Waals surface area contributed by atoms with Crippen LogP contribution in [0.3, 0.4) is 0 Å². The largest absolute Gasteiger partial charge is 0.324 e. The standard InChI is InChI=1S/C9H19O2P/c1-3-9(7-5-6-8-9)11-12(10)4-2/h12H,3-8H2,1-2H3. The van der Waals surface area contributed by atoms with E-state index >= 15 is 0 Å². The van der Waals surface area contributed by atoms with Gasteiger partial charge in [0.05, 0.1) is 5.60 Å². The van der Waals surface area contributed by atoms with Crippen molar-refractivity contribution in [3.8, 4) is 0 Å². The molecule has 0 aliphatic heterocycles. The van der Waals surface area contributed by atoms with Crippen LogP contribution in [0.25, 0.3) is 0 Å². The van der Waals surface area contributed by atoms with E-state index < -0.39 is 8.03 Å². The zero-order valence-electron chi connectivity index (χ0n) is 8.06. The van der Waals surface area contributed by atoms with Crippen LogP contribution in [0, 0.1) is 0 Å². The highest BCUT2D eigenvalue weighted by Gasteiger charge is 2.34. The zero-order chi connectivity index (χ0) is 9.03. The lowest BCUT2D eigenvalue weighted by Gasteiger charge is -2.26. The van der Waals surface area contributed by atoms with Crippen molar-refractivity contribution in [1.29, 1.82) is 0 Å². The van der Waals surface area contributed by atoms with Gasteiger partial charge in [-0.1, -0.05) is 26.7 Å². The van der Waals surface area contributed by atoms with Crippen LogP contribution in [0.5, 0.6) is 0 Å². The minimum atomic E-state index is -1.73. The Morgan fingerprint density at radius 1 is 1.33 bits per heavy atom. The Balaban J connectivity index is 2.49. The molecule has 1 saturated carbocycles. The molecule has 0 bridgehead atoms. The molecule has 12 heavy (non-hydrogen) atoms. The maximum absolute atomic E-state index is 11.3. The normalized spacial score (nSPS) is 24.2. The van der Waals surface area contributed by atoms with Crippen LogP contribution in [0.4, 0.5) is 0 Å². The summed E-state index contributed by atoms with van der Waals surface area (Å²) in [7, 11) is -1.73. The second kappa shape index (κ2) is 4.43. The molecule has 0 aromatic rings. The SMILES string of the molecule is CC[PH](=O)OC1(CC)CCCC1. The fourth-order valence-electron chi connectivity index (χ4n) is 1.86. The summed E-state index contributed by atoms with van der Waals surface area (Å²) >= 11 is 0. The zero-order valence-corrected chi connectivity index (χ0v) is 9.06. The quantitative estimate of drug-likeness (QED) is 0.636. The molecule has 1 atom stereocenters. The lowest BCUT2D eigenvalue weighted by Crippen LogP contribution is -2.24. The average Bonchev–Trinajstić information content (AvgIpc) is 2.54. The molecular weight excluding hydrogens is 171 g/mol. The molecule has 0 amide bonds.